The van der Waals surface area contributed by atoms with Crippen molar-refractivity contribution in [2.75, 3.05) is 39.1 Å². The monoisotopic (exact) mass is 618 g/mol. The van der Waals surface area contributed by atoms with E-state index < -0.39 is 52.9 Å². The Bertz CT molecular complexity index is 1320. The molecule has 1 aromatic rings. The number of quaternary nitrogens is 1. The Morgan fingerprint density at radius 3 is 2.73 bits per heavy atom. The van der Waals surface area contributed by atoms with E-state index in [2.05, 4.69) is 32.5 Å². The van der Waals surface area contributed by atoms with Crippen molar-refractivity contribution < 1.29 is 43.4 Å². The van der Waals surface area contributed by atoms with E-state index in [0.717, 1.165) is 9.80 Å². The Balaban J connectivity index is 1.59. The summed E-state index contributed by atoms with van der Waals surface area (Å²) in [7, 11) is 2.87. The lowest BCUT2D eigenvalue weighted by atomic mass is 10.0. The van der Waals surface area contributed by atoms with Crippen molar-refractivity contribution in [3.8, 4) is 12.3 Å². The van der Waals surface area contributed by atoms with Gasteiger partial charge in [0.1, 0.15) is 32.8 Å². The van der Waals surface area contributed by atoms with Crippen LogP contribution in [-0.2, 0) is 19.1 Å². The number of imide groups is 2. The van der Waals surface area contributed by atoms with Gasteiger partial charge in [-0.2, -0.15) is 0 Å². The fourth-order valence-corrected chi connectivity index (χ4v) is 4.48. The molecule has 14 heteroatoms. The Hall–Kier alpha value is -4.06. The van der Waals surface area contributed by atoms with E-state index in [1.165, 1.54) is 38.4 Å². The SMILES string of the molecule is C#CCCC[N+](C)(O)/C(Br)=C/COC(=O)N(C)CC(=O)Nc1cccc2c1C(=O)N(C1CCC(=O)NC1=O)C2=O. The van der Waals surface area contributed by atoms with Gasteiger partial charge in [-0.3, -0.25) is 34.2 Å². The number of fused-ring (bicyclic) bond motifs is 1. The number of anilines is 1. The highest BCUT2D eigenvalue weighted by atomic mass is 79.9. The van der Waals surface area contributed by atoms with Crippen LogP contribution in [0.25, 0.3) is 0 Å². The minimum atomic E-state index is -1.14. The average Bonchev–Trinajstić information content (AvgIpc) is 3.14. The number of halogens is 1. The normalized spacial score (nSPS) is 18.4. The number of hydrogen-bond donors (Lipinski definition) is 3. The highest BCUT2D eigenvalue weighted by molar-refractivity contribution is 9.11. The van der Waals surface area contributed by atoms with E-state index in [9.17, 15) is 34.0 Å². The first-order valence-corrected chi connectivity index (χ1v) is 13.1. The Morgan fingerprint density at radius 2 is 2.05 bits per heavy atom. The second-order valence-electron chi connectivity index (χ2n) is 9.35. The van der Waals surface area contributed by atoms with Gasteiger partial charge in [0, 0.05) is 48.3 Å². The first-order chi connectivity index (χ1) is 18.9. The van der Waals surface area contributed by atoms with Gasteiger partial charge in [0.05, 0.1) is 16.8 Å². The lowest BCUT2D eigenvalue weighted by molar-refractivity contribution is -1.05. The van der Waals surface area contributed by atoms with E-state index >= 15 is 0 Å². The zero-order chi connectivity index (χ0) is 29.6. The number of ether oxygens (including phenoxy) is 1. The lowest BCUT2D eigenvalue weighted by Crippen LogP contribution is -2.54. The maximum absolute atomic E-state index is 13.2. The van der Waals surface area contributed by atoms with Gasteiger partial charge in [-0.15, -0.1) is 17.0 Å². The Labute approximate surface area is 238 Å². The number of terminal acetylenes is 1. The zero-order valence-electron chi connectivity index (χ0n) is 21.9. The second kappa shape index (κ2) is 12.9. The quantitative estimate of drug-likeness (QED) is 0.0889. The van der Waals surface area contributed by atoms with Crippen LogP contribution in [-0.4, -0.2) is 95.1 Å². The third-order valence-corrected chi connectivity index (χ3v) is 7.36. The van der Waals surface area contributed by atoms with Gasteiger partial charge < -0.3 is 15.0 Å². The van der Waals surface area contributed by atoms with Crippen LogP contribution in [0.2, 0.25) is 0 Å². The van der Waals surface area contributed by atoms with Gasteiger partial charge in [0.25, 0.3) is 11.8 Å². The minimum Gasteiger partial charge on any atom is -0.445 e. The molecule has 13 nitrogen and oxygen atoms in total. The van der Waals surface area contributed by atoms with Crippen molar-refractivity contribution in [3.63, 3.8) is 0 Å². The number of carbonyl (C=O) groups is 6. The van der Waals surface area contributed by atoms with E-state index in [4.69, 9.17) is 11.2 Å². The first kappa shape index (κ1) is 30.5. The Morgan fingerprint density at radius 1 is 1.32 bits per heavy atom. The number of nitrogens with zero attached hydrogens (tertiary/aromatic N) is 3. The lowest BCUT2D eigenvalue weighted by Gasteiger charge is -2.27. The van der Waals surface area contributed by atoms with Gasteiger partial charge in [-0.1, -0.05) is 6.07 Å². The van der Waals surface area contributed by atoms with Gasteiger partial charge >= 0.3 is 6.09 Å². The molecule has 6 amide bonds. The van der Waals surface area contributed by atoms with Crippen LogP contribution < -0.4 is 10.6 Å². The third-order valence-electron chi connectivity index (χ3n) is 6.27. The van der Waals surface area contributed by atoms with Crippen molar-refractivity contribution in [2.24, 2.45) is 0 Å². The molecule has 2 heterocycles. The molecule has 1 aromatic carbocycles. The van der Waals surface area contributed by atoms with Crippen LogP contribution in [0.1, 0.15) is 46.4 Å². The summed E-state index contributed by atoms with van der Waals surface area (Å²) >= 11 is 3.26. The number of carbonyl (C=O) groups excluding carboxylic acids is 6. The summed E-state index contributed by atoms with van der Waals surface area (Å²) in [5, 5.41) is 15.1. The number of likely N-dealkylation sites (N-methyl/N-ethyl adjacent to an activating group) is 1. The van der Waals surface area contributed by atoms with Crippen LogP contribution in [0, 0.1) is 12.3 Å². The molecule has 2 aliphatic rings. The summed E-state index contributed by atoms with van der Waals surface area (Å²) in [5.74, 6) is -0.891. The number of benzene rings is 1. The summed E-state index contributed by atoms with van der Waals surface area (Å²) in [4.78, 5) is 76.7. The molecule has 3 rings (SSSR count). The molecule has 2 unspecified atom stereocenters. The number of unbranched alkanes of at least 4 members (excludes halogenated alkanes) is 1. The van der Waals surface area contributed by atoms with E-state index in [1.54, 1.807) is 0 Å². The van der Waals surface area contributed by atoms with Gasteiger partial charge in [0.2, 0.25) is 22.3 Å². The highest BCUT2D eigenvalue weighted by Crippen LogP contribution is 2.32. The third kappa shape index (κ3) is 6.92. The molecular formula is C26H29BrN5O8+. The molecule has 0 spiro atoms. The molecule has 0 aliphatic carbocycles. The maximum Gasteiger partial charge on any atom is 0.410 e. The van der Waals surface area contributed by atoms with Crippen LogP contribution >= 0.6 is 15.9 Å². The number of nitrogens with one attached hydrogen (secondary N) is 2. The van der Waals surface area contributed by atoms with Crippen molar-refractivity contribution in [2.45, 2.75) is 31.7 Å². The molecule has 0 aromatic heterocycles. The van der Waals surface area contributed by atoms with E-state index in [0.29, 0.717) is 24.0 Å². The minimum absolute atomic E-state index is 0.00117. The summed E-state index contributed by atoms with van der Waals surface area (Å²) in [5.41, 5.74) is -0.0431. The summed E-state index contributed by atoms with van der Waals surface area (Å²) in [6.45, 7) is -0.280. The average molecular weight is 619 g/mol. The second-order valence-corrected chi connectivity index (χ2v) is 10.2. The predicted octanol–water partition coefficient (Wildman–Crippen LogP) is 1.58. The predicted molar refractivity (Wildman–Crippen MR) is 144 cm³/mol. The van der Waals surface area contributed by atoms with Crippen molar-refractivity contribution in [3.05, 3.63) is 40.0 Å². The smallest absolute Gasteiger partial charge is 0.410 e. The standard InChI is InChI=1S/C26H28BrN5O8/c1-4-5-6-13-32(3,39)19(27)12-14-40-26(38)30(2)15-21(34)28-17-9-7-8-16-22(17)25(37)31(24(16)36)18-10-11-20(33)29-23(18)35/h1,7-9,12,18,39H,5-6,10-11,13-15H2,2-3H3,(H-,28,29,33,34,35,37)/p+1/b19-12+. The topological polar surface area (TPSA) is 162 Å². The fourth-order valence-electron chi connectivity index (χ4n) is 4.17. The van der Waals surface area contributed by atoms with Gasteiger partial charge in [-0.05, 0) is 18.6 Å². The van der Waals surface area contributed by atoms with Gasteiger partial charge in [0.15, 0.2) is 0 Å². The zero-order valence-corrected chi connectivity index (χ0v) is 23.5. The maximum atomic E-state index is 13.2. The number of amides is 6. The van der Waals surface area contributed by atoms with E-state index in [-0.39, 0.29) is 36.3 Å². The number of hydroxylamine groups is 3. The summed E-state index contributed by atoms with van der Waals surface area (Å²) < 4.78 is 5.01. The molecule has 2 aliphatic heterocycles. The van der Waals surface area contributed by atoms with Crippen molar-refractivity contribution in [1.29, 1.82) is 0 Å². The van der Waals surface area contributed by atoms with E-state index in [1.807, 2.05) is 0 Å². The summed E-state index contributed by atoms with van der Waals surface area (Å²) in [6.07, 6.45) is 6.94. The number of rotatable bonds is 10. The molecule has 40 heavy (non-hydrogen) atoms. The highest BCUT2D eigenvalue weighted by Gasteiger charge is 2.45. The van der Waals surface area contributed by atoms with Crippen LogP contribution in [0.4, 0.5) is 10.5 Å². The fraction of sp³-hybridized carbons (Fsp3) is 0.385. The van der Waals surface area contributed by atoms with Crippen LogP contribution in [0.15, 0.2) is 28.9 Å². The molecule has 0 radical (unpaired) electrons. The van der Waals surface area contributed by atoms with Crippen molar-refractivity contribution in [1.82, 2.24) is 15.1 Å². The molecular weight excluding hydrogens is 590 g/mol. The largest absolute Gasteiger partial charge is 0.445 e. The molecule has 1 fully saturated rings. The molecule has 1 saturated heterocycles. The first-order valence-electron chi connectivity index (χ1n) is 12.3. The summed E-state index contributed by atoms with van der Waals surface area (Å²) in [6, 6.07) is 3.14. The molecule has 0 saturated carbocycles. The molecule has 212 valence electrons. The van der Waals surface area contributed by atoms with Crippen molar-refractivity contribution >= 4 is 57.2 Å². The molecule has 2 atom stereocenters. The number of piperidine rings is 1. The molecule has 3 N–H and O–H groups in total. The van der Waals surface area contributed by atoms with Crippen LogP contribution in [0.3, 0.4) is 0 Å². The van der Waals surface area contributed by atoms with Crippen LogP contribution in [0.5, 0.6) is 0 Å². The van der Waals surface area contributed by atoms with Gasteiger partial charge in [-0.25, -0.2) is 10.0 Å². The number of hydrogen-bond acceptors (Lipinski definition) is 8. The Kier molecular flexibility index (Phi) is 9.80. The molecule has 0 bridgehead atoms.